The van der Waals surface area contributed by atoms with E-state index in [1.165, 1.54) is 0 Å². The minimum absolute atomic E-state index is 0.148. The Labute approximate surface area is 190 Å². The Kier molecular flexibility index (Phi) is 5.94. The first kappa shape index (κ1) is 20.7. The second-order valence-electron chi connectivity index (χ2n) is 7.46. The number of fused-ring (bicyclic) bond motifs is 1. The number of hydrogen-bond donors (Lipinski definition) is 3. The number of nitrogens with zero attached hydrogens (tertiary/aromatic N) is 5. The molecule has 9 nitrogen and oxygen atoms in total. The van der Waals surface area contributed by atoms with Gasteiger partial charge in [0.15, 0.2) is 0 Å². The van der Waals surface area contributed by atoms with Gasteiger partial charge in [-0.05, 0) is 29.0 Å². The molecule has 2 heterocycles. The van der Waals surface area contributed by atoms with E-state index in [2.05, 4.69) is 30.8 Å². The van der Waals surface area contributed by atoms with Crippen molar-refractivity contribution in [1.82, 2.24) is 15.0 Å². The first-order valence-electron chi connectivity index (χ1n) is 10.7. The van der Waals surface area contributed by atoms with Gasteiger partial charge in [0.25, 0.3) is 0 Å². The summed E-state index contributed by atoms with van der Waals surface area (Å²) in [5.74, 6) is 1.39. The lowest BCUT2D eigenvalue weighted by Crippen LogP contribution is -2.37. The molecule has 33 heavy (non-hydrogen) atoms. The topological polar surface area (TPSA) is 108 Å². The number of anilines is 4. The molecule has 5 rings (SSSR count). The van der Waals surface area contributed by atoms with Crippen LogP contribution >= 0.6 is 0 Å². The molecule has 166 valence electrons. The van der Waals surface area contributed by atoms with Crippen LogP contribution in [0.4, 0.5) is 23.5 Å². The fourth-order valence-electron chi connectivity index (χ4n) is 3.60. The normalized spacial score (nSPS) is 14.0. The van der Waals surface area contributed by atoms with E-state index in [1.54, 1.807) is 12.3 Å². The van der Waals surface area contributed by atoms with E-state index in [9.17, 15) is 5.11 Å². The summed E-state index contributed by atoms with van der Waals surface area (Å²) in [5, 5.41) is 19.8. The van der Waals surface area contributed by atoms with E-state index in [0.717, 1.165) is 16.5 Å². The number of morpholine rings is 1. The average Bonchev–Trinajstić information content (AvgIpc) is 2.86. The molecule has 0 aliphatic carbocycles. The number of phenolic OH excluding ortho intramolecular Hbond substituents is 1. The number of hydrazone groups is 1. The molecule has 0 saturated carbocycles. The van der Waals surface area contributed by atoms with Crippen LogP contribution in [-0.2, 0) is 4.74 Å². The van der Waals surface area contributed by atoms with Gasteiger partial charge in [0.2, 0.25) is 17.8 Å². The highest BCUT2D eigenvalue weighted by molar-refractivity contribution is 6.02. The molecular weight excluding hydrogens is 418 g/mol. The van der Waals surface area contributed by atoms with Crippen LogP contribution in [0.15, 0.2) is 71.8 Å². The molecule has 3 N–H and O–H groups in total. The molecule has 0 amide bonds. The van der Waals surface area contributed by atoms with Gasteiger partial charge in [-0.2, -0.15) is 20.1 Å². The zero-order valence-corrected chi connectivity index (χ0v) is 17.8. The highest BCUT2D eigenvalue weighted by Gasteiger charge is 2.17. The standard InChI is InChI=1S/C24H23N7O2/c32-21-11-10-17-6-4-5-9-19(17)20(21)16-25-30-23-27-22(26-18-7-2-1-3-8-18)28-24(29-23)31-12-14-33-15-13-31/h1-11,16,32H,12-15H2,(H2,26,27,28,29,30)/b25-16-. The number of rotatable bonds is 6. The maximum absolute atomic E-state index is 10.3. The number of para-hydroxylation sites is 1. The molecule has 3 aromatic carbocycles. The number of aromatic hydroxyl groups is 1. The Morgan fingerprint density at radius 3 is 2.48 bits per heavy atom. The number of hydrogen-bond acceptors (Lipinski definition) is 9. The van der Waals surface area contributed by atoms with Gasteiger partial charge in [0, 0.05) is 24.3 Å². The summed E-state index contributed by atoms with van der Waals surface area (Å²) in [7, 11) is 0. The molecular formula is C24H23N7O2. The Bertz CT molecular complexity index is 1270. The summed E-state index contributed by atoms with van der Waals surface area (Å²) in [6, 6.07) is 21.0. The third-order valence-corrected chi connectivity index (χ3v) is 5.25. The number of ether oxygens (including phenoxy) is 1. The van der Waals surface area contributed by atoms with E-state index >= 15 is 0 Å². The van der Waals surface area contributed by atoms with Gasteiger partial charge in [-0.3, -0.25) is 0 Å². The molecule has 1 aromatic heterocycles. The Morgan fingerprint density at radius 1 is 0.879 bits per heavy atom. The molecule has 0 bridgehead atoms. The summed E-state index contributed by atoms with van der Waals surface area (Å²) < 4.78 is 5.45. The van der Waals surface area contributed by atoms with E-state index in [1.807, 2.05) is 65.6 Å². The van der Waals surface area contributed by atoms with Crippen molar-refractivity contribution < 1.29 is 9.84 Å². The number of aromatic nitrogens is 3. The van der Waals surface area contributed by atoms with Crippen molar-refractivity contribution in [3.63, 3.8) is 0 Å². The van der Waals surface area contributed by atoms with Crippen LogP contribution in [0.25, 0.3) is 10.8 Å². The largest absolute Gasteiger partial charge is 0.507 e. The molecule has 0 atom stereocenters. The average molecular weight is 441 g/mol. The summed E-state index contributed by atoms with van der Waals surface area (Å²) in [4.78, 5) is 15.6. The molecule has 1 fully saturated rings. The van der Waals surface area contributed by atoms with Gasteiger partial charge in [0.1, 0.15) is 5.75 Å². The predicted octanol–water partition coefficient (Wildman–Crippen LogP) is 3.76. The van der Waals surface area contributed by atoms with E-state index in [-0.39, 0.29) is 5.75 Å². The van der Waals surface area contributed by atoms with Gasteiger partial charge in [-0.1, -0.05) is 48.5 Å². The fourth-order valence-corrected chi connectivity index (χ4v) is 3.60. The summed E-state index contributed by atoms with van der Waals surface area (Å²) in [5.41, 5.74) is 4.37. The van der Waals surface area contributed by atoms with Gasteiger partial charge in [0.05, 0.1) is 19.4 Å². The van der Waals surface area contributed by atoms with Gasteiger partial charge in [-0.15, -0.1) is 0 Å². The molecule has 1 aliphatic heterocycles. The molecule has 1 saturated heterocycles. The van der Waals surface area contributed by atoms with E-state index in [0.29, 0.717) is 49.7 Å². The molecule has 0 radical (unpaired) electrons. The minimum Gasteiger partial charge on any atom is -0.507 e. The van der Waals surface area contributed by atoms with E-state index in [4.69, 9.17) is 4.74 Å². The number of benzene rings is 3. The van der Waals surface area contributed by atoms with Crippen LogP contribution in [0.5, 0.6) is 5.75 Å². The highest BCUT2D eigenvalue weighted by atomic mass is 16.5. The Balaban J connectivity index is 1.43. The molecule has 4 aromatic rings. The summed E-state index contributed by atoms with van der Waals surface area (Å²) in [6.45, 7) is 2.63. The maximum atomic E-state index is 10.3. The van der Waals surface area contributed by atoms with Crippen LogP contribution in [0.2, 0.25) is 0 Å². The van der Waals surface area contributed by atoms with Crippen molar-refractivity contribution in [2.75, 3.05) is 41.9 Å². The maximum Gasteiger partial charge on any atom is 0.250 e. The van der Waals surface area contributed by atoms with Crippen LogP contribution < -0.4 is 15.6 Å². The lowest BCUT2D eigenvalue weighted by Gasteiger charge is -2.27. The zero-order valence-electron chi connectivity index (χ0n) is 17.8. The minimum atomic E-state index is 0.148. The van der Waals surface area contributed by atoms with E-state index < -0.39 is 0 Å². The summed E-state index contributed by atoms with van der Waals surface area (Å²) >= 11 is 0. The van der Waals surface area contributed by atoms with Gasteiger partial charge >= 0.3 is 0 Å². The second-order valence-corrected chi connectivity index (χ2v) is 7.46. The highest BCUT2D eigenvalue weighted by Crippen LogP contribution is 2.25. The van der Waals surface area contributed by atoms with Crippen molar-refractivity contribution >= 4 is 40.5 Å². The van der Waals surface area contributed by atoms with Crippen LogP contribution in [-0.4, -0.2) is 52.6 Å². The quantitative estimate of drug-likeness (QED) is 0.307. The smallest absolute Gasteiger partial charge is 0.250 e. The third kappa shape index (κ3) is 4.83. The first-order chi connectivity index (χ1) is 16.3. The van der Waals surface area contributed by atoms with Gasteiger partial charge in [-0.25, -0.2) is 5.43 Å². The van der Waals surface area contributed by atoms with Crippen molar-refractivity contribution in [2.24, 2.45) is 5.10 Å². The molecule has 0 unspecified atom stereocenters. The third-order valence-electron chi connectivity index (χ3n) is 5.25. The first-order valence-corrected chi connectivity index (χ1v) is 10.7. The van der Waals surface area contributed by atoms with Crippen LogP contribution in [0.3, 0.4) is 0 Å². The van der Waals surface area contributed by atoms with Crippen molar-refractivity contribution in [2.45, 2.75) is 0 Å². The number of phenols is 1. The van der Waals surface area contributed by atoms with Crippen LogP contribution in [0.1, 0.15) is 5.56 Å². The molecule has 0 spiro atoms. The monoisotopic (exact) mass is 441 g/mol. The zero-order chi connectivity index (χ0) is 22.5. The van der Waals surface area contributed by atoms with Gasteiger partial charge < -0.3 is 20.1 Å². The molecule has 9 heteroatoms. The molecule has 1 aliphatic rings. The Morgan fingerprint density at radius 2 is 1.64 bits per heavy atom. The van der Waals surface area contributed by atoms with Crippen molar-refractivity contribution in [3.05, 3.63) is 72.3 Å². The SMILES string of the molecule is Oc1ccc2ccccc2c1/C=N\Nc1nc(Nc2ccccc2)nc(N2CCOCC2)n1. The second kappa shape index (κ2) is 9.49. The fraction of sp³-hybridized carbons (Fsp3) is 0.167. The lowest BCUT2D eigenvalue weighted by atomic mass is 10.0. The van der Waals surface area contributed by atoms with Crippen molar-refractivity contribution in [3.8, 4) is 5.75 Å². The summed E-state index contributed by atoms with van der Waals surface area (Å²) in [6.07, 6.45) is 1.57. The predicted molar refractivity (Wildman–Crippen MR) is 129 cm³/mol. The lowest BCUT2D eigenvalue weighted by molar-refractivity contribution is 0.122. The Hall–Kier alpha value is -4.24. The van der Waals surface area contributed by atoms with Crippen molar-refractivity contribution in [1.29, 1.82) is 0 Å². The number of nitrogens with one attached hydrogen (secondary N) is 2. The van der Waals surface area contributed by atoms with Crippen LogP contribution in [0, 0.1) is 0 Å².